The third kappa shape index (κ3) is 1.33. The maximum absolute atomic E-state index is 7.13. The quantitative estimate of drug-likeness (QED) is 0.342. The van der Waals surface area contributed by atoms with Gasteiger partial charge in [-0.15, -0.1) is 0 Å². The Kier molecular flexibility index (Phi) is 2.02. The molecule has 0 heterocycles. The van der Waals surface area contributed by atoms with Gasteiger partial charge < -0.3 is 4.84 Å². The van der Waals surface area contributed by atoms with E-state index in [1.807, 2.05) is 18.2 Å². The summed E-state index contributed by atoms with van der Waals surface area (Å²) in [6, 6.07) is 9.03. The zero-order valence-corrected chi connectivity index (χ0v) is 5.37. The number of rotatable bonds is 1. The van der Waals surface area contributed by atoms with Gasteiger partial charge in [0.2, 0.25) is 5.90 Å². The summed E-state index contributed by atoms with van der Waals surface area (Å²) in [6.07, 6.45) is 0. The van der Waals surface area contributed by atoms with Gasteiger partial charge in [-0.2, -0.15) is 5.90 Å². The summed E-state index contributed by atoms with van der Waals surface area (Å²) in [5.74, 6) is 4.77. The molecule has 0 aliphatic heterocycles. The molecule has 1 aromatic carbocycles. The molecule has 1 rings (SSSR count). The van der Waals surface area contributed by atoms with Crippen molar-refractivity contribution in [2.45, 2.75) is 0 Å². The van der Waals surface area contributed by atoms with Crippen molar-refractivity contribution in [3.05, 3.63) is 35.9 Å². The van der Waals surface area contributed by atoms with Gasteiger partial charge in [0.25, 0.3) is 0 Å². The summed E-state index contributed by atoms with van der Waals surface area (Å²) in [7, 11) is 0. The number of hydrogen-bond donors (Lipinski definition) is 2. The van der Waals surface area contributed by atoms with Gasteiger partial charge in [0.1, 0.15) is 0 Å². The van der Waals surface area contributed by atoms with Crippen LogP contribution in [-0.2, 0) is 4.84 Å². The summed E-state index contributed by atoms with van der Waals surface area (Å²) in [6.45, 7) is 0. The summed E-state index contributed by atoms with van der Waals surface area (Å²) in [5.41, 5.74) is 0.685. The maximum atomic E-state index is 7.13. The predicted octanol–water partition coefficient (Wildman–Crippen LogP) is 0.902. The Hall–Kier alpha value is -1.35. The Morgan fingerprint density at radius 1 is 1.30 bits per heavy atom. The van der Waals surface area contributed by atoms with E-state index in [-0.39, 0.29) is 5.90 Å². The Balaban J connectivity index is 2.85. The number of hydrogen-bond acceptors (Lipinski definition) is 3. The Morgan fingerprint density at radius 2 is 1.90 bits per heavy atom. The minimum absolute atomic E-state index is 0.0133. The SMILES string of the molecule is N=C(ON)c1ccccc1. The fourth-order valence-electron chi connectivity index (χ4n) is 0.658. The molecular formula is C7H8N2O. The van der Waals surface area contributed by atoms with Crippen LogP contribution in [0.25, 0.3) is 0 Å². The van der Waals surface area contributed by atoms with E-state index in [1.54, 1.807) is 12.1 Å². The first-order chi connectivity index (χ1) is 4.84. The van der Waals surface area contributed by atoms with E-state index in [0.717, 1.165) is 0 Å². The molecule has 0 saturated heterocycles. The lowest BCUT2D eigenvalue weighted by molar-refractivity contribution is 0.319. The molecule has 0 spiro atoms. The number of nitrogens with one attached hydrogen (secondary N) is 1. The van der Waals surface area contributed by atoms with Gasteiger partial charge >= 0.3 is 0 Å². The van der Waals surface area contributed by atoms with Crippen LogP contribution >= 0.6 is 0 Å². The van der Waals surface area contributed by atoms with Gasteiger partial charge in [-0.25, -0.2) is 0 Å². The highest BCUT2D eigenvalue weighted by Crippen LogP contribution is 1.98. The van der Waals surface area contributed by atoms with Crippen molar-refractivity contribution in [2.75, 3.05) is 0 Å². The zero-order chi connectivity index (χ0) is 7.40. The van der Waals surface area contributed by atoms with Gasteiger partial charge in [0.15, 0.2) is 0 Å². The van der Waals surface area contributed by atoms with E-state index in [2.05, 4.69) is 4.84 Å². The second-order valence-electron chi connectivity index (χ2n) is 1.81. The number of benzene rings is 1. The molecule has 0 aliphatic rings. The standard InChI is InChI=1S/C7H8N2O/c8-7(10-9)6-4-2-1-3-5-6/h1-5,8H,9H2. The molecule has 52 valence electrons. The van der Waals surface area contributed by atoms with Crippen LogP contribution in [0.15, 0.2) is 30.3 Å². The van der Waals surface area contributed by atoms with Crippen LogP contribution in [0.2, 0.25) is 0 Å². The van der Waals surface area contributed by atoms with Crippen LogP contribution in [-0.4, -0.2) is 5.90 Å². The van der Waals surface area contributed by atoms with Gasteiger partial charge in [-0.3, -0.25) is 5.41 Å². The lowest BCUT2D eigenvalue weighted by Gasteiger charge is -1.98. The molecule has 3 heteroatoms. The summed E-state index contributed by atoms with van der Waals surface area (Å²) >= 11 is 0. The molecule has 0 fully saturated rings. The highest BCUT2D eigenvalue weighted by atomic mass is 16.6. The van der Waals surface area contributed by atoms with E-state index in [9.17, 15) is 0 Å². The van der Waals surface area contributed by atoms with Gasteiger partial charge in [-0.1, -0.05) is 18.2 Å². The third-order valence-corrected chi connectivity index (χ3v) is 1.15. The van der Waals surface area contributed by atoms with E-state index < -0.39 is 0 Å². The fourth-order valence-corrected chi connectivity index (χ4v) is 0.658. The van der Waals surface area contributed by atoms with Crippen molar-refractivity contribution in [3.63, 3.8) is 0 Å². The van der Waals surface area contributed by atoms with Gasteiger partial charge in [0, 0.05) is 5.56 Å². The van der Waals surface area contributed by atoms with Crippen molar-refractivity contribution in [2.24, 2.45) is 5.90 Å². The van der Waals surface area contributed by atoms with Crippen LogP contribution in [0, 0.1) is 5.41 Å². The molecule has 3 nitrogen and oxygen atoms in total. The molecule has 0 unspecified atom stereocenters. The lowest BCUT2D eigenvalue weighted by atomic mass is 10.2. The smallest absolute Gasteiger partial charge is 0.237 e. The molecule has 0 atom stereocenters. The highest BCUT2D eigenvalue weighted by Gasteiger charge is 1.96. The summed E-state index contributed by atoms with van der Waals surface area (Å²) < 4.78 is 0. The normalized spacial score (nSPS) is 8.90. The maximum Gasteiger partial charge on any atom is 0.237 e. The van der Waals surface area contributed by atoms with E-state index in [4.69, 9.17) is 11.3 Å². The first kappa shape index (κ1) is 6.77. The van der Waals surface area contributed by atoms with Crippen LogP contribution in [0.1, 0.15) is 5.56 Å². The van der Waals surface area contributed by atoms with Crippen LogP contribution in [0.3, 0.4) is 0 Å². The second kappa shape index (κ2) is 2.98. The average molecular weight is 136 g/mol. The molecule has 0 bridgehead atoms. The minimum Gasteiger partial charge on any atom is -0.391 e. The third-order valence-electron chi connectivity index (χ3n) is 1.15. The molecular weight excluding hydrogens is 128 g/mol. The van der Waals surface area contributed by atoms with Crippen molar-refractivity contribution >= 4 is 5.90 Å². The predicted molar refractivity (Wildman–Crippen MR) is 38.5 cm³/mol. The van der Waals surface area contributed by atoms with Crippen molar-refractivity contribution in [3.8, 4) is 0 Å². The molecule has 0 aliphatic carbocycles. The van der Waals surface area contributed by atoms with Crippen molar-refractivity contribution < 1.29 is 4.84 Å². The van der Waals surface area contributed by atoms with Crippen LogP contribution < -0.4 is 5.90 Å². The zero-order valence-electron chi connectivity index (χ0n) is 5.37. The first-order valence-corrected chi connectivity index (χ1v) is 2.85. The Labute approximate surface area is 58.9 Å². The summed E-state index contributed by atoms with van der Waals surface area (Å²) in [5, 5.41) is 7.13. The average Bonchev–Trinajstić information content (AvgIpc) is 2.05. The Morgan fingerprint density at radius 3 is 2.40 bits per heavy atom. The largest absolute Gasteiger partial charge is 0.391 e. The van der Waals surface area contributed by atoms with E-state index in [1.165, 1.54) is 0 Å². The lowest BCUT2D eigenvalue weighted by Crippen LogP contribution is -2.09. The summed E-state index contributed by atoms with van der Waals surface area (Å²) in [4.78, 5) is 4.22. The molecule has 3 N–H and O–H groups in total. The molecule has 1 aromatic rings. The number of nitrogens with two attached hydrogens (primary N) is 1. The van der Waals surface area contributed by atoms with Gasteiger partial charge in [0.05, 0.1) is 0 Å². The molecule has 0 amide bonds. The fraction of sp³-hybridized carbons (Fsp3) is 0. The first-order valence-electron chi connectivity index (χ1n) is 2.85. The van der Waals surface area contributed by atoms with Crippen molar-refractivity contribution in [1.82, 2.24) is 0 Å². The molecule has 0 saturated carbocycles. The van der Waals surface area contributed by atoms with Crippen LogP contribution in [0.4, 0.5) is 0 Å². The molecule has 10 heavy (non-hydrogen) atoms. The van der Waals surface area contributed by atoms with Gasteiger partial charge in [-0.05, 0) is 12.1 Å². The second-order valence-corrected chi connectivity index (χ2v) is 1.81. The van der Waals surface area contributed by atoms with Crippen LogP contribution in [0.5, 0.6) is 0 Å². The van der Waals surface area contributed by atoms with E-state index >= 15 is 0 Å². The molecule has 0 radical (unpaired) electrons. The highest BCUT2D eigenvalue weighted by molar-refractivity contribution is 5.91. The monoisotopic (exact) mass is 136 g/mol. The Bertz CT molecular complexity index is 220. The van der Waals surface area contributed by atoms with Crippen molar-refractivity contribution in [1.29, 1.82) is 5.41 Å². The van der Waals surface area contributed by atoms with E-state index in [0.29, 0.717) is 5.56 Å². The molecule has 0 aromatic heterocycles. The topological polar surface area (TPSA) is 59.1 Å². The minimum atomic E-state index is -0.0133.